The van der Waals surface area contributed by atoms with E-state index in [4.69, 9.17) is 4.74 Å². The van der Waals surface area contributed by atoms with E-state index in [9.17, 15) is 4.79 Å². The summed E-state index contributed by atoms with van der Waals surface area (Å²) < 4.78 is 5.37. The summed E-state index contributed by atoms with van der Waals surface area (Å²) in [6.45, 7) is 22.7. The molecule has 298 valence electrons. The van der Waals surface area contributed by atoms with Crippen molar-refractivity contribution in [3.8, 4) is 0 Å². The van der Waals surface area contributed by atoms with E-state index in [1.807, 2.05) is 24.3 Å². The van der Waals surface area contributed by atoms with Crippen molar-refractivity contribution in [2.24, 2.45) is 0 Å². The van der Waals surface area contributed by atoms with Gasteiger partial charge in [0.1, 0.15) is 6.61 Å². The lowest BCUT2D eigenvalue weighted by Crippen LogP contribution is -2.04. The van der Waals surface area contributed by atoms with Gasteiger partial charge in [0.2, 0.25) is 0 Å². The van der Waals surface area contributed by atoms with Gasteiger partial charge in [-0.3, -0.25) is 0 Å². The zero-order valence-corrected chi connectivity index (χ0v) is 36.4. The molecule has 2 heteroatoms. The standard InChI is InChI=1S/C52H78O2/c1-42(2)22-14-23-43(3)24-15-25-44(4)26-16-27-45(5)28-17-29-46(6)30-18-31-47(7)32-19-33-48(8)34-20-35-49(9)36-21-37-50(10)40-41-54-52(53)51-38-12-11-13-39-51/h11-13,22,24,26,28,30,32,34,36,38-40H,14-21,23,25,27,29,31,33,35,37,41H2,1-10H3/b43-24+,44-26+,45-28+,46-30+,47-32+,48-34+,49-36+,50-40-. The van der Waals surface area contributed by atoms with Gasteiger partial charge in [0.05, 0.1) is 5.56 Å². The number of rotatable bonds is 27. The molecule has 0 N–H and O–H groups in total. The van der Waals surface area contributed by atoms with Crippen molar-refractivity contribution in [3.05, 3.63) is 141 Å². The van der Waals surface area contributed by atoms with Crippen LogP contribution < -0.4 is 0 Å². The van der Waals surface area contributed by atoms with Gasteiger partial charge in [-0.1, -0.05) is 117 Å². The third kappa shape index (κ3) is 27.9. The third-order valence-corrected chi connectivity index (χ3v) is 9.97. The van der Waals surface area contributed by atoms with E-state index in [-0.39, 0.29) is 5.97 Å². The number of hydrogen-bond donors (Lipinski definition) is 0. The molecule has 0 amide bonds. The van der Waals surface area contributed by atoms with Crippen LogP contribution in [0.1, 0.15) is 182 Å². The van der Waals surface area contributed by atoms with E-state index >= 15 is 0 Å². The lowest BCUT2D eigenvalue weighted by molar-refractivity contribution is 0.0549. The molecular weight excluding hydrogens is 657 g/mol. The molecule has 0 atom stereocenters. The molecule has 0 aliphatic rings. The van der Waals surface area contributed by atoms with Crippen LogP contribution in [0, 0.1) is 0 Å². The van der Waals surface area contributed by atoms with Crippen LogP contribution in [0.25, 0.3) is 0 Å². The Morgan fingerprint density at radius 2 is 0.648 bits per heavy atom. The van der Waals surface area contributed by atoms with E-state index in [0.717, 1.165) is 77.0 Å². The van der Waals surface area contributed by atoms with E-state index in [1.165, 1.54) is 75.8 Å². The molecule has 2 nitrogen and oxygen atoms in total. The number of hydrogen-bond acceptors (Lipinski definition) is 2. The second-order valence-corrected chi connectivity index (χ2v) is 16.0. The maximum Gasteiger partial charge on any atom is 0.338 e. The summed E-state index contributed by atoms with van der Waals surface area (Å²) in [4.78, 5) is 12.1. The van der Waals surface area contributed by atoms with Crippen LogP contribution in [0.4, 0.5) is 0 Å². The van der Waals surface area contributed by atoms with E-state index in [1.54, 1.807) is 12.1 Å². The highest BCUT2D eigenvalue weighted by Crippen LogP contribution is 2.18. The van der Waals surface area contributed by atoms with Gasteiger partial charge >= 0.3 is 5.97 Å². The zero-order chi connectivity index (χ0) is 40.0. The van der Waals surface area contributed by atoms with Crippen LogP contribution in [0.15, 0.2) is 135 Å². The van der Waals surface area contributed by atoms with Crippen LogP contribution >= 0.6 is 0 Å². The summed E-state index contributed by atoms with van der Waals surface area (Å²) in [6.07, 6.45) is 39.5. The Bertz CT molecular complexity index is 1490. The van der Waals surface area contributed by atoms with Crippen molar-refractivity contribution >= 4 is 5.97 Å². The Balaban J connectivity index is 2.22. The number of esters is 1. The summed E-state index contributed by atoms with van der Waals surface area (Å²) in [5.41, 5.74) is 13.8. The van der Waals surface area contributed by atoms with Gasteiger partial charge in [-0.05, 0) is 190 Å². The molecule has 1 aromatic carbocycles. The van der Waals surface area contributed by atoms with Crippen molar-refractivity contribution in [3.63, 3.8) is 0 Å². The Hall–Kier alpha value is -3.65. The summed E-state index contributed by atoms with van der Waals surface area (Å²) >= 11 is 0. The molecule has 0 bridgehead atoms. The van der Waals surface area contributed by atoms with Gasteiger partial charge in [-0.15, -0.1) is 0 Å². The highest BCUT2D eigenvalue weighted by atomic mass is 16.5. The zero-order valence-electron chi connectivity index (χ0n) is 36.4. The van der Waals surface area contributed by atoms with Gasteiger partial charge < -0.3 is 4.74 Å². The largest absolute Gasteiger partial charge is 0.458 e. The molecule has 0 aromatic heterocycles. The van der Waals surface area contributed by atoms with Crippen LogP contribution in [0.2, 0.25) is 0 Å². The SMILES string of the molecule is CC(C)=CCC/C(C)=C/CC/C(C)=C/CC/C(C)=C/CC/C(C)=C/CC/C(C)=C/CC/C(C)=C/CC/C(C)=C/CC/C(C)=C\COC(=O)c1ccccc1. The first-order chi connectivity index (χ1) is 25.8. The van der Waals surface area contributed by atoms with E-state index in [2.05, 4.69) is 118 Å². The summed E-state index contributed by atoms with van der Waals surface area (Å²) in [7, 11) is 0. The van der Waals surface area contributed by atoms with Gasteiger partial charge in [-0.2, -0.15) is 0 Å². The topological polar surface area (TPSA) is 26.3 Å². The van der Waals surface area contributed by atoms with Gasteiger partial charge in [0, 0.05) is 0 Å². The second kappa shape index (κ2) is 30.7. The summed E-state index contributed by atoms with van der Waals surface area (Å²) in [6, 6.07) is 9.15. The number of allylic oxidation sites excluding steroid dienone is 17. The predicted molar refractivity (Wildman–Crippen MR) is 240 cm³/mol. The van der Waals surface area contributed by atoms with Crippen LogP contribution in [-0.2, 0) is 4.74 Å². The second-order valence-electron chi connectivity index (χ2n) is 16.0. The Labute approximate surface area is 333 Å². The lowest BCUT2D eigenvalue weighted by Gasteiger charge is -2.04. The first-order valence-electron chi connectivity index (χ1n) is 21.0. The quantitative estimate of drug-likeness (QED) is 0.0664. The average molecular weight is 735 g/mol. The number of carbonyl (C=O) groups excluding carboxylic acids is 1. The molecule has 0 saturated heterocycles. The fourth-order valence-electron chi connectivity index (χ4n) is 6.15. The van der Waals surface area contributed by atoms with E-state index in [0.29, 0.717) is 12.2 Å². The van der Waals surface area contributed by atoms with Gasteiger partial charge in [0.25, 0.3) is 0 Å². The van der Waals surface area contributed by atoms with Crippen LogP contribution in [0.3, 0.4) is 0 Å². The lowest BCUT2D eigenvalue weighted by atomic mass is 10.0. The van der Waals surface area contributed by atoms with E-state index < -0.39 is 0 Å². The van der Waals surface area contributed by atoms with Gasteiger partial charge in [0.15, 0.2) is 0 Å². The molecule has 0 fully saturated rings. The van der Waals surface area contributed by atoms with Crippen LogP contribution in [0.5, 0.6) is 0 Å². The van der Waals surface area contributed by atoms with Gasteiger partial charge in [-0.25, -0.2) is 4.79 Å². The van der Waals surface area contributed by atoms with Crippen molar-refractivity contribution in [1.29, 1.82) is 0 Å². The Morgan fingerprint density at radius 1 is 0.389 bits per heavy atom. The average Bonchev–Trinajstić information content (AvgIpc) is 3.11. The highest BCUT2D eigenvalue weighted by Gasteiger charge is 2.04. The third-order valence-electron chi connectivity index (χ3n) is 9.97. The molecule has 0 radical (unpaired) electrons. The van der Waals surface area contributed by atoms with Crippen LogP contribution in [-0.4, -0.2) is 12.6 Å². The molecule has 54 heavy (non-hydrogen) atoms. The maximum absolute atomic E-state index is 12.1. The minimum Gasteiger partial charge on any atom is -0.458 e. The molecule has 0 unspecified atom stereocenters. The monoisotopic (exact) mass is 735 g/mol. The summed E-state index contributed by atoms with van der Waals surface area (Å²) in [5, 5.41) is 0. The summed E-state index contributed by atoms with van der Waals surface area (Å²) in [5.74, 6) is -0.270. The molecule has 0 aliphatic carbocycles. The number of carbonyl (C=O) groups is 1. The normalized spacial score (nSPS) is 14.1. The van der Waals surface area contributed by atoms with Crippen molar-refractivity contribution < 1.29 is 9.53 Å². The fourth-order valence-corrected chi connectivity index (χ4v) is 6.15. The first kappa shape index (κ1) is 48.4. The van der Waals surface area contributed by atoms with Crippen molar-refractivity contribution in [2.45, 2.75) is 172 Å². The van der Waals surface area contributed by atoms with Crippen molar-refractivity contribution in [2.75, 3.05) is 6.61 Å². The first-order valence-corrected chi connectivity index (χ1v) is 21.0. The molecule has 0 spiro atoms. The number of ether oxygens (including phenoxy) is 1. The van der Waals surface area contributed by atoms with Crippen molar-refractivity contribution in [1.82, 2.24) is 0 Å². The minimum atomic E-state index is -0.270. The predicted octanol–water partition coefficient (Wildman–Crippen LogP) is 16.6. The Morgan fingerprint density at radius 3 is 0.926 bits per heavy atom. The smallest absolute Gasteiger partial charge is 0.338 e. The molecule has 1 rings (SSSR count). The highest BCUT2D eigenvalue weighted by molar-refractivity contribution is 5.89. The molecule has 0 aliphatic heterocycles. The fraction of sp³-hybridized carbons (Fsp3) is 0.519. The molecule has 0 saturated carbocycles. The molecular formula is C52H78O2. The molecule has 1 aromatic rings. The maximum atomic E-state index is 12.1. The number of benzene rings is 1. The Kier molecular flexibility index (Phi) is 27.5. The molecule has 0 heterocycles. The minimum absolute atomic E-state index is 0.270.